The van der Waals surface area contributed by atoms with Crippen LogP contribution in [-0.4, -0.2) is 23.4 Å². The summed E-state index contributed by atoms with van der Waals surface area (Å²) in [6, 6.07) is 14.0. The summed E-state index contributed by atoms with van der Waals surface area (Å²) in [6.45, 7) is -1.40. The summed E-state index contributed by atoms with van der Waals surface area (Å²) in [5, 5.41) is 10.9. The Balaban J connectivity index is 2.53. The van der Waals surface area contributed by atoms with E-state index in [2.05, 4.69) is 0 Å². The summed E-state index contributed by atoms with van der Waals surface area (Å²) < 4.78 is 41.5. The number of carbonyl (C=O) groups excluding carboxylic acids is 1. The van der Waals surface area contributed by atoms with Crippen LogP contribution in [0.25, 0.3) is 0 Å². The van der Waals surface area contributed by atoms with Gasteiger partial charge in [-0.15, -0.1) is 0 Å². The zero-order chi connectivity index (χ0) is 17.8. The van der Waals surface area contributed by atoms with Gasteiger partial charge in [0.25, 0.3) is 0 Å². The maximum absolute atomic E-state index is 13.8. The summed E-state index contributed by atoms with van der Waals surface area (Å²) in [5.41, 5.74) is -3.08. The number of hydrogen-bond donors (Lipinski definition) is 0. The molecule has 7 heteroatoms. The van der Waals surface area contributed by atoms with Gasteiger partial charge in [-0.25, -0.2) is 0 Å². The van der Waals surface area contributed by atoms with Crippen LogP contribution in [0.1, 0.15) is 22.3 Å². The molecule has 0 unspecified atom stereocenters. The van der Waals surface area contributed by atoms with Gasteiger partial charge in [0.2, 0.25) is 6.54 Å². The standard InChI is InChI=1S/C17H14F3NO3/c18-17(19,20)16(12-21(23)24,14-9-5-2-6-10-14)11-15(22)13-7-3-1-4-8-13/h1-10H,11-12H2/t16-/m0/s1. The first-order chi connectivity index (χ1) is 11.3. The number of nitrogens with zero attached hydrogens (tertiary/aromatic N) is 1. The maximum Gasteiger partial charge on any atom is 0.405 e. The summed E-state index contributed by atoms with van der Waals surface area (Å²) in [4.78, 5) is 22.3. The van der Waals surface area contributed by atoms with Crippen molar-refractivity contribution in [2.24, 2.45) is 0 Å². The molecule has 126 valence electrons. The minimum atomic E-state index is -4.95. The van der Waals surface area contributed by atoms with Gasteiger partial charge in [-0.2, -0.15) is 13.2 Å². The minimum absolute atomic E-state index is 0.0883. The van der Waals surface area contributed by atoms with Crippen molar-refractivity contribution in [3.8, 4) is 0 Å². The number of alkyl halides is 3. The number of ketones is 1. The average molecular weight is 337 g/mol. The van der Waals surface area contributed by atoms with Gasteiger partial charge in [-0.05, 0) is 5.56 Å². The van der Waals surface area contributed by atoms with E-state index in [0.717, 1.165) is 12.1 Å². The fraction of sp³-hybridized carbons (Fsp3) is 0.235. The Kier molecular flexibility index (Phi) is 5.02. The molecule has 24 heavy (non-hydrogen) atoms. The molecule has 0 aliphatic rings. The second-order valence-corrected chi connectivity index (χ2v) is 5.40. The molecule has 2 rings (SSSR count). The van der Waals surface area contributed by atoms with Gasteiger partial charge in [-0.3, -0.25) is 14.9 Å². The zero-order valence-electron chi connectivity index (χ0n) is 12.5. The molecule has 0 heterocycles. The van der Waals surface area contributed by atoms with Crippen molar-refractivity contribution in [3.63, 3.8) is 0 Å². The van der Waals surface area contributed by atoms with E-state index in [-0.39, 0.29) is 11.1 Å². The molecule has 0 spiro atoms. The highest BCUT2D eigenvalue weighted by molar-refractivity contribution is 5.97. The van der Waals surface area contributed by atoms with Crippen LogP contribution in [0.2, 0.25) is 0 Å². The third-order valence-electron chi connectivity index (χ3n) is 3.83. The van der Waals surface area contributed by atoms with E-state index >= 15 is 0 Å². The van der Waals surface area contributed by atoms with Crippen molar-refractivity contribution < 1.29 is 22.9 Å². The Bertz CT molecular complexity index is 717. The van der Waals surface area contributed by atoms with Crippen LogP contribution in [0.3, 0.4) is 0 Å². The highest BCUT2D eigenvalue weighted by Crippen LogP contribution is 2.44. The fourth-order valence-corrected chi connectivity index (χ4v) is 2.58. The zero-order valence-corrected chi connectivity index (χ0v) is 12.5. The van der Waals surface area contributed by atoms with Crippen LogP contribution in [0.5, 0.6) is 0 Å². The number of halogens is 3. The van der Waals surface area contributed by atoms with Gasteiger partial charge in [-0.1, -0.05) is 60.7 Å². The lowest BCUT2D eigenvalue weighted by Crippen LogP contribution is -2.49. The van der Waals surface area contributed by atoms with Crippen molar-refractivity contribution in [1.29, 1.82) is 0 Å². The van der Waals surface area contributed by atoms with E-state index in [1.165, 1.54) is 42.5 Å². The molecule has 0 aliphatic heterocycles. The van der Waals surface area contributed by atoms with Crippen LogP contribution in [0.4, 0.5) is 13.2 Å². The lowest BCUT2D eigenvalue weighted by atomic mass is 9.74. The predicted octanol–water partition coefficient (Wildman–Crippen LogP) is 4.04. The van der Waals surface area contributed by atoms with Crippen LogP contribution >= 0.6 is 0 Å². The number of rotatable bonds is 6. The van der Waals surface area contributed by atoms with E-state index in [4.69, 9.17) is 0 Å². The lowest BCUT2D eigenvalue weighted by molar-refractivity contribution is -0.501. The van der Waals surface area contributed by atoms with Gasteiger partial charge in [0.1, 0.15) is 0 Å². The molecule has 0 amide bonds. The van der Waals surface area contributed by atoms with Gasteiger partial charge in [0.15, 0.2) is 11.2 Å². The van der Waals surface area contributed by atoms with Gasteiger partial charge >= 0.3 is 6.18 Å². The number of benzene rings is 2. The van der Waals surface area contributed by atoms with Crippen molar-refractivity contribution >= 4 is 5.78 Å². The fourth-order valence-electron chi connectivity index (χ4n) is 2.58. The van der Waals surface area contributed by atoms with Crippen molar-refractivity contribution in [2.75, 3.05) is 6.54 Å². The SMILES string of the molecule is O=C(C[C@](C[N+](=O)[O-])(c1ccccc1)C(F)(F)F)c1ccccc1. The highest BCUT2D eigenvalue weighted by atomic mass is 19.4. The minimum Gasteiger partial charge on any atom is -0.294 e. The van der Waals surface area contributed by atoms with E-state index in [1.54, 1.807) is 6.07 Å². The van der Waals surface area contributed by atoms with Crippen LogP contribution < -0.4 is 0 Å². The monoisotopic (exact) mass is 337 g/mol. The van der Waals surface area contributed by atoms with Gasteiger partial charge < -0.3 is 0 Å². The summed E-state index contributed by atoms with van der Waals surface area (Å²) in [5.74, 6) is -0.793. The predicted molar refractivity (Wildman–Crippen MR) is 81.4 cm³/mol. The van der Waals surface area contributed by atoms with E-state index < -0.39 is 35.3 Å². The Morgan fingerprint density at radius 1 is 0.958 bits per heavy atom. The van der Waals surface area contributed by atoms with Crippen molar-refractivity contribution in [2.45, 2.75) is 18.0 Å². The lowest BCUT2D eigenvalue weighted by Gasteiger charge is -2.32. The van der Waals surface area contributed by atoms with E-state index in [0.29, 0.717) is 0 Å². The molecule has 2 aromatic carbocycles. The third kappa shape index (κ3) is 3.61. The first-order valence-electron chi connectivity index (χ1n) is 7.08. The first-order valence-corrected chi connectivity index (χ1v) is 7.08. The molecular weight excluding hydrogens is 323 g/mol. The molecule has 0 N–H and O–H groups in total. The van der Waals surface area contributed by atoms with Crippen LogP contribution in [0.15, 0.2) is 60.7 Å². The second-order valence-electron chi connectivity index (χ2n) is 5.40. The summed E-state index contributed by atoms with van der Waals surface area (Å²) in [6.07, 6.45) is -5.97. The Hall–Kier alpha value is -2.70. The molecule has 0 fully saturated rings. The topological polar surface area (TPSA) is 60.2 Å². The number of Topliss-reactive ketones (excluding diaryl/α,β-unsaturated/α-hetero) is 1. The van der Waals surface area contributed by atoms with E-state index in [9.17, 15) is 28.1 Å². The molecule has 0 bridgehead atoms. The van der Waals surface area contributed by atoms with E-state index in [1.807, 2.05) is 0 Å². The second kappa shape index (κ2) is 6.82. The molecule has 0 aliphatic carbocycles. The number of nitro groups is 1. The van der Waals surface area contributed by atoms with Crippen molar-refractivity contribution in [3.05, 3.63) is 81.9 Å². The quantitative estimate of drug-likeness (QED) is 0.454. The number of hydrogen-bond acceptors (Lipinski definition) is 3. The first kappa shape index (κ1) is 17.7. The Morgan fingerprint density at radius 2 is 1.46 bits per heavy atom. The van der Waals surface area contributed by atoms with Crippen molar-refractivity contribution in [1.82, 2.24) is 0 Å². The maximum atomic E-state index is 13.8. The Morgan fingerprint density at radius 3 is 1.92 bits per heavy atom. The van der Waals surface area contributed by atoms with Crippen LogP contribution in [-0.2, 0) is 5.41 Å². The smallest absolute Gasteiger partial charge is 0.294 e. The van der Waals surface area contributed by atoms with Gasteiger partial charge in [0, 0.05) is 16.9 Å². The molecule has 0 saturated carbocycles. The molecular formula is C17H14F3NO3. The molecule has 1 atom stereocenters. The summed E-state index contributed by atoms with van der Waals surface area (Å²) >= 11 is 0. The molecule has 4 nitrogen and oxygen atoms in total. The molecule has 2 aromatic rings. The molecule has 0 saturated heterocycles. The highest BCUT2D eigenvalue weighted by Gasteiger charge is 2.60. The number of carbonyl (C=O) groups is 1. The third-order valence-corrected chi connectivity index (χ3v) is 3.83. The van der Waals surface area contributed by atoms with Crippen LogP contribution in [0, 0.1) is 10.1 Å². The average Bonchev–Trinajstić information content (AvgIpc) is 2.54. The van der Waals surface area contributed by atoms with Gasteiger partial charge in [0.05, 0.1) is 0 Å². The summed E-state index contributed by atoms with van der Waals surface area (Å²) in [7, 11) is 0. The molecule has 0 aromatic heterocycles. The molecule has 0 radical (unpaired) electrons. The Labute approximate surface area is 136 Å². The normalized spacial score (nSPS) is 14.0. The largest absolute Gasteiger partial charge is 0.405 e.